The van der Waals surface area contributed by atoms with Crippen LogP contribution in [0.25, 0.3) is 9.40 Å². The van der Waals surface area contributed by atoms with Gasteiger partial charge in [0, 0.05) is 25.7 Å². The number of benzene rings is 1. The third-order valence-corrected chi connectivity index (χ3v) is 5.42. The van der Waals surface area contributed by atoms with E-state index in [2.05, 4.69) is 17.5 Å². The molecular weight excluding hydrogens is 284 g/mol. The van der Waals surface area contributed by atoms with Crippen molar-refractivity contribution >= 4 is 43.7 Å². The van der Waals surface area contributed by atoms with Crippen molar-refractivity contribution in [3.63, 3.8) is 0 Å². The molecular formula is C14H11ClOS2. The number of thiophene rings is 2. The van der Waals surface area contributed by atoms with E-state index in [1.54, 1.807) is 22.7 Å². The van der Waals surface area contributed by atoms with Crippen LogP contribution in [0.5, 0.6) is 0 Å². The monoisotopic (exact) mass is 294 g/mol. The number of aliphatic hydroxyl groups excluding tert-OH is 1. The fourth-order valence-electron chi connectivity index (χ4n) is 1.92. The molecule has 1 unspecified atom stereocenters. The molecule has 1 aromatic carbocycles. The minimum atomic E-state index is -0.477. The van der Waals surface area contributed by atoms with Crippen molar-refractivity contribution in [2.24, 2.45) is 0 Å². The lowest BCUT2D eigenvalue weighted by molar-refractivity contribution is 0.182. The molecule has 0 saturated heterocycles. The first kappa shape index (κ1) is 12.2. The van der Waals surface area contributed by atoms with E-state index >= 15 is 0 Å². The van der Waals surface area contributed by atoms with Crippen LogP contribution in [-0.2, 0) is 6.42 Å². The zero-order valence-electron chi connectivity index (χ0n) is 9.47. The van der Waals surface area contributed by atoms with Crippen LogP contribution in [0.4, 0.5) is 0 Å². The zero-order chi connectivity index (χ0) is 12.5. The highest BCUT2D eigenvalue weighted by atomic mass is 35.5. The SMILES string of the molecule is OC(Cc1ccccc1Cl)c1cc2sccc2s1. The van der Waals surface area contributed by atoms with Crippen molar-refractivity contribution < 1.29 is 5.11 Å². The van der Waals surface area contributed by atoms with Gasteiger partial charge in [0.2, 0.25) is 0 Å². The van der Waals surface area contributed by atoms with Gasteiger partial charge in [-0.25, -0.2) is 0 Å². The van der Waals surface area contributed by atoms with Gasteiger partial charge in [-0.05, 0) is 29.1 Å². The predicted octanol–water partition coefficient (Wildman–Crippen LogP) is 4.89. The Morgan fingerprint density at radius 3 is 2.78 bits per heavy atom. The first-order valence-electron chi connectivity index (χ1n) is 5.62. The van der Waals surface area contributed by atoms with Crippen LogP contribution in [0, 0.1) is 0 Å². The summed E-state index contributed by atoms with van der Waals surface area (Å²) >= 11 is 9.47. The third-order valence-electron chi connectivity index (χ3n) is 2.86. The maximum Gasteiger partial charge on any atom is 0.0923 e. The van der Waals surface area contributed by atoms with Gasteiger partial charge in [-0.3, -0.25) is 0 Å². The molecule has 2 aromatic heterocycles. The number of aliphatic hydroxyl groups is 1. The molecule has 3 rings (SSSR count). The minimum Gasteiger partial charge on any atom is -0.387 e. The summed E-state index contributed by atoms with van der Waals surface area (Å²) in [5.74, 6) is 0. The van der Waals surface area contributed by atoms with Crippen molar-refractivity contribution in [1.29, 1.82) is 0 Å². The second-order valence-corrected chi connectivity index (χ2v) is 6.58. The fourth-order valence-corrected chi connectivity index (χ4v) is 4.24. The molecule has 92 valence electrons. The lowest BCUT2D eigenvalue weighted by Crippen LogP contribution is -1.99. The Balaban J connectivity index is 1.85. The maximum absolute atomic E-state index is 10.3. The van der Waals surface area contributed by atoms with E-state index in [0.717, 1.165) is 15.5 Å². The van der Waals surface area contributed by atoms with E-state index in [-0.39, 0.29) is 0 Å². The van der Waals surface area contributed by atoms with Crippen LogP contribution in [-0.4, -0.2) is 5.11 Å². The summed E-state index contributed by atoms with van der Waals surface area (Å²) in [6, 6.07) is 11.8. The number of fused-ring (bicyclic) bond motifs is 1. The molecule has 0 fully saturated rings. The van der Waals surface area contributed by atoms with E-state index in [9.17, 15) is 5.11 Å². The van der Waals surface area contributed by atoms with Crippen LogP contribution in [0.1, 0.15) is 16.5 Å². The van der Waals surface area contributed by atoms with Crippen molar-refractivity contribution in [2.45, 2.75) is 12.5 Å². The van der Waals surface area contributed by atoms with Gasteiger partial charge >= 0.3 is 0 Å². The Kier molecular flexibility index (Phi) is 3.39. The lowest BCUT2D eigenvalue weighted by atomic mass is 10.1. The highest BCUT2D eigenvalue weighted by molar-refractivity contribution is 7.26. The summed E-state index contributed by atoms with van der Waals surface area (Å²) in [4.78, 5) is 1.01. The summed E-state index contributed by atoms with van der Waals surface area (Å²) in [6.07, 6.45) is 0.0856. The van der Waals surface area contributed by atoms with Crippen molar-refractivity contribution in [3.05, 3.63) is 57.2 Å². The predicted molar refractivity (Wildman–Crippen MR) is 79.8 cm³/mol. The molecule has 4 heteroatoms. The number of rotatable bonds is 3. The van der Waals surface area contributed by atoms with Crippen LogP contribution in [0.3, 0.4) is 0 Å². The zero-order valence-corrected chi connectivity index (χ0v) is 11.9. The maximum atomic E-state index is 10.3. The number of halogens is 1. The lowest BCUT2D eigenvalue weighted by Gasteiger charge is -2.09. The van der Waals surface area contributed by atoms with E-state index in [4.69, 9.17) is 11.6 Å². The second-order valence-electron chi connectivity index (χ2n) is 4.11. The van der Waals surface area contributed by atoms with Gasteiger partial charge in [-0.1, -0.05) is 29.8 Å². The second kappa shape index (κ2) is 5.02. The average molecular weight is 295 g/mol. The molecule has 0 aliphatic heterocycles. The topological polar surface area (TPSA) is 20.2 Å². The number of hydrogen-bond donors (Lipinski definition) is 1. The first-order valence-corrected chi connectivity index (χ1v) is 7.70. The molecule has 0 aliphatic rings. The molecule has 0 bridgehead atoms. The molecule has 18 heavy (non-hydrogen) atoms. The fraction of sp³-hybridized carbons (Fsp3) is 0.143. The summed E-state index contributed by atoms with van der Waals surface area (Å²) in [5.41, 5.74) is 0.989. The van der Waals surface area contributed by atoms with Crippen LogP contribution in [0.2, 0.25) is 5.02 Å². The molecule has 0 spiro atoms. The minimum absolute atomic E-state index is 0.477. The Labute approximate surface area is 118 Å². The quantitative estimate of drug-likeness (QED) is 0.729. The standard InChI is InChI=1S/C14H11ClOS2/c15-10-4-2-1-3-9(10)7-11(16)13-8-14-12(18-13)5-6-17-14/h1-6,8,11,16H,7H2. The van der Waals surface area contributed by atoms with Crippen LogP contribution in [0.15, 0.2) is 41.8 Å². The van der Waals surface area contributed by atoms with E-state index in [1.165, 1.54) is 9.40 Å². The molecule has 3 aromatic rings. The van der Waals surface area contributed by atoms with Crippen molar-refractivity contribution in [3.8, 4) is 0 Å². The highest BCUT2D eigenvalue weighted by Crippen LogP contribution is 2.35. The summed E-state index contributed by atoms with van der Waals surface area (Å²) in [7, 11) is 0. The molecule has 1 N–H and O–H groups in total. The molecule has 1 nitrogen and oxygen atoms in total. The molecule has 1 atom stereocenters. The first-order chi connectivity index (χ1) is 8.74. The van der Waals surface area contributed by atoms with Gasteiger partial charge in [0.15, 0.2) is 0 Å². The Hall–Kier alpha value is -0.870. The van der Waals surface area contributed by atoms with Crippen molar-refractivity contribution in [1.82, 2.24) is 0 Å². The van der Waals surface area contributed by atoms with E-state index in [1.807, 2.05) is 24.3 Å². The van der Waals surface area contributed by atoms with Gasteiger partial charge in [-0.15, -0.1) is 22.7 Å². The largest absolute Gasteiger partial charge is 0.387 e. The average Bonchev–Trinajstić information content (AvgIpc) is 2.92. The molecule has 0 amide bonds. The van der Waals surface area contributed by atoms with E-state index in [0.29, 0.717) is 6.42 Å². The van der Waals surface area contributed by atoms with Gasteiger partial charge in [0.05, 0.1) is 6.10 Å². The van der Waals surface area contributed by atoms with Crippen molar-refractivity contribution in [2.75, 3.05) is 0 Å². The van der Waals surface area contributed by atoms with Gasteiger partial charge in [0.1, 0.15) is 0 Å². The van der Waals surface area contributed by atoms with Gasteiger partial charge in [0.25, 0.3) is 0 Å². The Morgan fingerprint density at radius 1 is 1.17 bits per heavy atom. The smallest absolute Gasteiger partial charge is 0.0923 e. The highest BCUT2D eigenvalue weighted by Gasteiger charge is 2.14. The molecule has 0 radical (unpaired) electrons. The molecule has 0 saturated carbocycles. The molecule has 2 heterocycles. The Bertz CT molecular complexity index is 643. The molecule has 0 aliphatic carbocycles. The van der Waals surface area contributed by atoms with Gasteiger partial charge in [-0.2, -0.15) is 0 Å². The van der Waals surface area contributed by atoms with Crippen LogP contribution < -0.4 is 0 Å². The summed E-state index contributed by atoms with van der Waals surface area (Å²) in [6.45, 7) is 0. The summed E-state index contributed by atoms with van der Waals surface area (Å²) < 4.78 is 2.49. The Morgan fingerprint density at radius 2 is 2.00 bits per heavy atom. The summed E-state index contributed by atoms with van der Waals surface area (Å²) in [5, 5.41) is 13.1. The van der Waals surface area contributed by atoms with Gasteiger partial charge < -0.3 is 5.11 Å². The van der Waals surface area contributed by atoms with E-state index < -0.39 is 6.10 Å². The van der Waals surface area contributed by atoms with Crippen LogP contribution >= 0.6 is 34.3 Å². The normalized spacial score (nSPS) is 13.0. The third kappa shape index (κ3) is 2.31. The number of hydrogen-bond acceptors (Lipinski definition) is 3.